The van der Waals surface area contributed by atoms with Gasteiger partial charge in [-0.15, -0.1) is 0 Å². The summed E-state index contributed by atoms with van der Waals surface area (Å²) in [4.78, 5) is 13.4. The molecule has 0 amide bonds. The van der Waals surface area contributed by atoms with Crippen molar-refractivity contribution < 1.29 is 4.74 Å². The van der Waals surface area contributed by atoms with E-state index in [9.17, 15) is 0 Å². The molecule has 4 aromatic heterocycles. The second-order valence-electron chi connectivity index (χ2n) is 8.18. The van der Waals surface area contributed by atoms with Crippen LogP contribution in [0.5, 0.6) is 5.75 Å². The van der Waals surface area contributed by atoms with Crippen LogP contribution in [0.15, 0.2) is 48.9 Å². The number of nitrogens with one attached hydrogen (secondary N) is 1. The lowest BCUT2D eigenvalue weighted by Crippen LogP contribution is -2.07. The topological polar surface area (TPSA) is 90.4 Å². The van der Waals surface area contributed by atoms with Crippen LogP contribution in [0, 0.1) is 13.8 Å². The van der Waals surface area contributed by atoms with E-state index in [1.165, 1.54) is 18.4 Å². The summed E-state index contributed by atoms with van der Waals surface area (Å²) < 4.78 is 8.08. The maximum Gasteiger partial charge on any atom is 0.137 e. The average Bonchev–Trinajstić information content (AvgIpc) is 3.51. The molecule has 5 rings (SSSR count). The lowest BCUT2D eigenvalue weighted by atomic mass is 10.1. The van der Waals surface area contributed by atoms with E-state index < -0.39 is 0 Å². The second-order valence-corrected chi connectivity index (χ2v) is 8.18. The standard InChI is InChI=1S/C24H26N6O/c1-15-9-22(25)28-16(2)21(15)11-27-23-10-20(7-8-26-23)31-14-19-13-30-12-18(17-3-4-17)5-6-24(30)29-19/h5-10,12-13,17H,3-4,11,14H2,1-2H3,(H2,25,28)(H,26,27). The first-order valence-electron chi connectivity index (χ1n) is 10.6. The number of aromatic nitrogens is 4. The summed E-state index contributed by atoms with van der Waals surface area (Å²) in [7, 11) is 0. The number of aryl methyl sites for hydroxylation is 2. The van der Waals surface area contributed by atoms with Crippen molar-refractivity contribution in [3.63, 3.8) is 0 Å². The van der Waals surface area contributed by atoms with Gasteiger partial charge < -0.3 is 20.2 Å². The zero-order chi connectivity index (χ0) is 21.4. The molecule has 0 saturated heterocycles. The molecule has 0 aliphatic heterocycles. The molecule has 0 aromatic carbocycles. The molecular weight excluding hydrogens is 388 g/mol. The van der Waals surface area contributed by atoms with Crippen molar-refractivity contribution in [1.29, 1.82) is 0 Å². The van der Waals surface area contributed by atoms with Crippen molar-refractivity contribution in [2.75, 3.05) is 11.1 Å². The first-order valence-corrected chi connectivity index (χ1v) is 10.6. The summed E-state index contributed by atoms with van der Waals surface area (Å²) >= 11 is 0. The number of nitrogens with two attached hydrogens (primary N) is 1. The van der Waals surface area contributed by atoms with E-state index in [0.717, 1.165) is 45.6 Å². The molecule has 1 fully saturated rings. The van der Waals surface area contributed by atoms with Crippen molar-refractivity contribution in [3.05, 3.63) is 77.0 Å². The minimum absolute atomic E-state index is 0.407. The number of anilines is 2. The van der Waals surface area contributed by atoms with E-state index >= 15 is 0 Å². The van der Waals surface area contributed by atoms with Crippen LogP contribution < -0.4 is 15.8 Å². The van der Waals surface area contributed by atoms with Crippen molar-refractivity contribution in [1.82, 2.24) is 19.4 Å². The third-order valence-electron chi connectivity index (χ3n) is 5.71. The smallest absolute Gasteiger partial charge is 0.137 e. The minimum Gasteiger partial charge on any atom is -0.487 e. The Kier molecular flexibility index (Phi) is 4.94. The number of nitrogens with zero attached hydrogens (tertiary/aromatic N) is 4. The molecule has 0 bridgehead atoms. The highest BCUT2D eigenvalue weighted by molar-refractivity contribution is 5.46. The van der Waals surface area contributed by atoms with E-state index in [0.29, 0.717) is 19.0 Å². The van der Waals surface area contributed by atoms with Gasteiger partial charge in [-0.2, -0.15) is 0 Å². The molecule has 31 heavy (non-hydrogen) atoms. The van der Waals surface area contributed by atoms with E-state index in [-0.39, 0.29) is 0 Å². The number of hydrogen-bond acceptors (Lipinski definition) is 6. The number of fused-ring (bicyclic) bond motifs is 1. The molecule has 1 aliphatic rings. The molecule has 1 saturated carbocycles. The summed E-state index contributed by atoms with van der Waals surface area (Å²) in [6, 6.07) is 9.91. The normalized spacial score (nSPS) is 13.5. The van der Waals surface area contributed by atoms with Crippen LogP contribution in [0.3, 0.4) is 0 Å². The predicted octanol–water partition coefficient (Wildman–Crippen LogP) is 4.39. The molecule has 7 nitrogen and oxygen atoms in total. The highest BCUT2D eigenvalue weighted by atomic mass is 16.5. The van der Waals surface area contributed by atoms with Gasteiger partial charge in [-0.25, -0.2) is 15.0 Å². The Bertz CT molecular complexity index is 1220. The summed E-state index contributed by atoms with van der Waals surface area (Å²) in [5, 5.41) is 3.35. The molecule has 0 spiro atoms. The van der Waals surface area contributed by atoms with Gasteiger partial charge in [0.15, 0.2) is 0 Å². The van der Waals surface area contributed by atoms with E-state index in [1.54, 1.807) is 6.20 Å². The molecule has 7 heteroatoms. The van der Waals surface area contributed by atoms with Crippen molar-refractivity contribution in [2.45, 2.75) is 45.8 Å². The maximum absolute atomic E-state index is 5.98. The zero-order valence-corrected chi connectivity index (χ0v) is 17.8. The van der Waals surface area contributed by atoms with Crippen LogP contribution >= 0.6 is 0 Å². The van der Waals surface area contributed by atoms with Gasteiger partial charge in [0.25, 0.3) is 0 Å². The molecule has 4 heterocycles. The zero-order valence-electron chi connectivity index (χ0n) is 17.8. The SMILES string of the molecule is Cc1cc(N)nc(C)c1CNc1cc(OCc2cn3cc(C4CC4)ccc3n2)ccn1. The molecule has 4 aromatic rings. The molecule has 3 N–H and O–H groups in total. The van der Waals surface area contributed by atoms with Gasteiger partial charge in [-0.3, -0.25) is 0 Å². The van der Waals surface area contributed by atoms with Crippen LogP contribution in [0.2, 0.25) is 0 Å². The Morgan fingerprint density at radius 2 is 2.00 bits per heavy atom. The van der Waals surface area contributed by atoms with Crippen molar-refractivity contribution in [3.8, 4) is 5.75 Å². The number of imidazole rings is 1. The summed E-state index contributed by atoms with van der Waals surface area (Å²) in [6.45, 7) is 5.04. The second kappa shape index (κ2) is 7.91. The monoisotopic (exact) mass is 414 g/mol. The lowest BCUT2D eigenvalue weighted by molar-refractivity contribution is 0.302. The van der Waals surface area contributed by atoms with Crippen molar-refractivity contribution in [2.24, 2.45) is 0 Å². The van der Waals surface area contributed by atoms with Crippen LogP contribution in [0.25, 0.3) is 5.65 Å². The predicted molar refractivity (Wildman–Crippen MR) is 121 cm³/mol. The molecule has 1 aliphatic carbocycles. The highest BCUT2D eigenvalue weighted by Gasteiger charge is 2.23. The molecule has 0 atom stereocenters. The molecule has 158 valence electrons. The van der Waals surface area contributed by atoms with E-state index in [4.69, 9.17) is 10.5 Å². The van der Waals surface area contributed by atoms with Gasteiger partial charge in [-0.05, 0) is 67.5 Å². The first-order chi connectivity index (χ1) is 15.0. The van der Waals surface area contributed by atoms with E-state index in [2.05, 4.69) is 43.0 Å². The summed E-state index contributed by atoms with van der Waals surface area (Å²) in [6.07, 6.45) is 8.56. The third-order valence-corrected chi connectivity index (χ3v) is 5.71. The number of nitrogen functional groups attached to an aromatic ring is 1. The number of rotatable bonds is 7. The highest BCUT2D eigenvalue weighted by Crippen LogP contribution is 2.39. The number of ether oxygens (including phenoxy) is 1. The van der Waals surface area contributed by atoms with Gasteiger partial charge in [-0.1, -0.05) is 6.07 Å². The Hall–Kier alpha value is -3.61. The Morgan fingerprint density at radius 3 is 2.81 bits per heavy atom. The van der Waals surface area contributed by atoms with Gasteiger partial charge in [0.1, 0.15) is 29.6 Å². The first kappa shape index (κ1) is 19.4. The van der Waals surface area contributed by atoms with Crippen LogP contribution in [-0.4, -0.2) is 19.4 Å². The molecular formula is C24H26N6O. The van der Waals surface area contributed by atoms with Crippen molar-refractivity contribution >= 4 is 17.3 Å². The fourth-order valence-electron chi connectivity index (χ4n) is 3.88. The van der Waals surface area contributed by atoms with Crippen LogP contribution in [0.4, 0.5) is 11.6 Å². The fourth-order valence-corrected chi connectivity index (χ4v) is 3.88. The molecule has 0 unspecified atom stereocenters. The lowest BCUT2D eigenvalue weighted by Gasteiger charge is -2.12. The van der Waals surface area contributed by atoms with Crippen LogP contribution in [0.1, 0.15) is 46.8 Å². The summed E-state index contributed by atoms with van der Waals surface area (Å²) in [5.74, 6) is 2.77. The minimum atomic E-state index is 0.407. The number of pyridine rings is 3. The van der Waals surface area contributed by atoms with Crippen LogP contribution in [-0.2, 0) is 13.2 Å². The Balaban J connectivity index is 1.24. The Morgan fingerprint density at radius 1 is 1.13 bits per heavy atom. The summed E-state index contributed by atoms with van der Waals surface area (Å²) in [5.41, 5.74) is 12.2. The fraction of sp³-hybridized carbons (Fsp3) is 0.292. The van der Waals surface area contributed by atoms with Gasteiger partial charge in [0, 0.05) is 36.9 Å². The quantitative estimate of drug-likeness (QED) is 0.466. The molecule has 0 radical (unpaired) electrons. The van der Waals surface area contributed by atoms with Gasteiger partial charge in [0.2, 0.25) is 0 Å². The third kappa shape index (κ3) is 4.30. The van der Waals surface area contributed by atoms with Gasteiger partial charge in [0.05, 0.1) is 5.69 Å². The maximum atomic E-state index is 5.98. The number of hydrogen-bond donors (Lipinski definition) is 2. The Labute approximate surface area is 181 Å². The average molecular weight is 415 g/mol. The largest absolute Gasteiger partial charge is 0.487 e. The van der Waals surface area contributed by atoms with Gasteiger partial charge >= 0.3 is 0 Å². The van der Waals surface area contributed by atoms with E-state index in [1.807, 2.05) is 38.2 Å².